The number of aryl methyl sites for hydroxylation is 1. The summed E-state index contributed by atoms with van der Waals surface area (Å²) in [6, 6.07) is 12.2. The Hall–Kier alpha value is -3.33. The minimum atomic E-state index is -0.506. The van der Waals surface area contributed by atoms with E-state index in [2.05, 4.69) is 15.6 Å². The summed E-state index contributed by atoms with van der Waals surface area (Å²) in [7, 11) is 0. The van der Waals surface area contributed by atoms with E-state index >= 15 is 0 Å². The van der Waals surface area contributed by atoms with Crippen LogP contribution in [0.3, 0.4) is 0 Å². The Morgan fingerprint density at radius 3 is 2.68 bits per heavy atom. The fourth-order valence-electron chi connectivity index (χ4n) is 1.69. The normalized spacial score (nSPS) is 10.6. The molecule has 0 atom stereocenters. The number of hydrogen-bond acceptors (Lipinski definition) is 5. The molecule has 0 spiro atoms. The lowest BCUT2D eigenvalue weighted by molar-refractivity contribution is -0.112. The van der Waals surface area contributed by atoms with E-state index < -0.39 is 5.91 Å². The molecule has 2 aromatic rings. The molecule has 1 aromatic heterocycles. The van der Waals surface area contributed by atoms with Gasteiger partial charge in [0.05, 0.1) is 0 Å². The second kappa shape index (κ2) is 6.90. The third-order valence-electron chi connectivity index (χ3n) is 2.90. The highest BCUT2D eigenvalue weighted by Gasteiger charge is 2.09. The van der Waals surface area contributed by atoms with Crippen molar-refractivity contribution in [1.82, 2.24) is 4.98 Å². The number of nitrogens with one attached hydrogen (secondary N) is 2. The smallest absolute Gasteiger partial charge is 0.267 e. The summed E-state index contributed by atoms with van der Waals surface area (Å²) in [6.45, 7) is 1.88. The van der Waals surface area contributed by atoms with Crippen LogP contribution in [0.2, 0.25) is 0 Å². The van der Waals surface area contributed by atoms with Crippen LogP contribution in [-0.2, 0) is 4.79 Å². The topological polar surface area (TPSA) is 104 Å². The van der Waals surface area contributed by atoms with Gasteiger partial charge in [0, 0.05) is 23.8 Å². The molecule has 1 heterocycles. The summed E-state index contributed by atoms with van der Waals surface area (Å²) in [5, 5.41) is 14.6. The van der Waals surface area contributed by atoms with Crippen LogP contribution >= 0.6 is 0 Å². The highest BCUT2D eigenvalue weighted by Crippen LogP contribution is 2.13. The van der Waals surface area contributed by atoms with Crippen molar-refractivity contribution in [2.24, 2.45) is 0 Å². The monoisotopic (exact) mass is 293 g/mol. The van der Waals surface area contributed by atoms with Gasteiger partial charge in [-0.15, -0.1) is 0 Å². The predicted octanol–water partition coefficient (Wildman–Crippen LogP) is 2.43. The van der Waals surface area contributed by atoms with Crippen molar-refractivity contribution >= 4 is 23.1 Å². The van der Waals surface area contributed by atoms with E-state index in [-0.39, 0.29) is 5.57 Å². The molecule has 6 nitrogen and oxygen atoms in total. The summed E-state index contributed by atoms with van der Waals surface area (Å²) in [5.74, 6) is 0.0869. The van der Waals surface area contributed by atoms with E-state index in [4.69, 9.17) is 11.0 Å². The van der Waals surface area contributed by atoms with Crippen molar-refractivity contribution in [1.29, 1.82) is 5.26 Å². The van der Waals surface area contributed by atoms with Gasteiger partial charge in [0.2, 0.25) is 0 Å². The minimum absolute atomic E-state index is 0.0538. The molecule has 6 heteroatoms. The Bertz CT molecular complexity index is 744. The molecule has 0 aliphatic carbocycles. The average Bonchev–Trinajstić information content (AvgIpc) is 2.52. The Kier molecular flexibility index (Phi) is 4.73. The number of carbonyl (C=O) groups excluding carboxylic acids is 1. The Morgan fingerprint density at radius 2 is 2.05 bits per heavy atom. The van der Waals surface area contributed by atoms with Gasteiger partial charge in [0.25, 0.3) is 5.91 Å². The molecule has 0 unspecified atom stereocenters. The zero-order valence-electron chi connectivity index (χ0n) is 12.0. The van der Waals surface area contributed by atoms with Gasteiger partial charge >= 0.3 is 0 Å². The molecule has 0 bridgehead atoms. The predicted molar refractivity (Wildman–Crippen MR) is 85.8 cm³/mol. The largest absolute Gasteiger partial charge is 0.399 e. The van der Waals surface area contributed by atoms with Crippen LogP contribution in [0.5, 0.6) is 0 Å². The van der Waals surface area contributed by atoms with Gasteiger partial charge in [-0.2, -0.15) is 5.26 Å². The SMILES string of the molecule is Cc1cccnc1N/C=C(/C#N)C(=O)Nc1ccc(N)cc1. The number of nitrogen functional groups attached to an aromatic ring is 1. The number of hydrogen-bond donors (Lipinski definition) is 3. The van der Waals surface area contributed by atoms with Crippen LogP contribution in [0.25, 0.3) is 0 Å². The Morgan fingerprint density at radius 1 is 1.32 bits per heavy atom. The Labute approximate surface area is 128 Å². The minimum Gasteiger partial charge on any atom is -0.399 e. The molecule has 0 aliphatic heterocycles. The van der Waals surface area contributed by atoms with Crippen LogP contribution in [0.15, 0.2) is 54.4 Å². The number of carbonyl (C=O) groups is 1. The van der Waals surface area contributed by atoms with E-state index in [9.17, 15) is 4.79 Å². The number of aromatic nitrogens is 1. The number of amides is 1. The molecule has 22 heavy (non-hydrogen) atoms. The van der Waals surface area contributed by atoms with Crippen molar-refractivity contribution in [2.75, 3.05) is 16.4 Å². The maximum absolute atomic E-state index is 12.0. The molecule has 0 fully saturated rings. The first-order chi connectivity index (χ1) is 10.6. The third kappa shape index (κ3) is 3.84. The summed E-state index contributed by atoms with van der Waals surface area (Å²) < 4.78 is 0. The summed E-state index contributed by atoms with van der Waals surface area (Å²) in [6.07, 6.45) is 2.96. The first-order valence-electron chi connectivity index (χ1n) is 6.55. The highest BCUT2D eigenvalue weighted by atomic mass is 16.1. The van der Waals surface area contributed by atoms with Gasteiger partial charge < -0.3 is 16.4 Å². The number of pyridine rings is 1. The zero-order valence-corrected chi connectivity index (χ0v) is 12.0. The van der Waals surface area contributed by atoms with Crippen LogP contribution in [-0.4, -0.2) is 10.9 Å². The average molecular weight is 293 g/mol. The fourth-order valence-corrected chi connectivity index (χ4v) is 1.69. The second-order valence-electron chi connectivity index (χ2n) is 4.56. The van der Waals surface area contributed by atoms with Crippen LogP contribution < -0.4 is 16.4 Å². The number of nitrogens with two attached hydrogens (primary N) is 1. The number of rotatable bonds is 4. The van der Waals surface area contributed by atoms with E-state index in [0.29, 0.717) is 17.2 Å². The van der Waals surface area contributed by atoms with Crippen LogP contribution in [0.1, 0.15) is 5.56 Å². The molecule has 0 saturated heterocycles. The Balaban J connectivity index is 2.09. The molecule has 1 aromatic carbocycles. The zero-order chi connectivity index (χ0) is 15.9. The molecule has 2 rings (SSSR count). The van der Waals surface area contributed by atoms with Crippen molar-refractivity contribution in [2.45, 2.75) is 6.92 Å². The maximum atomic E-state index is 12.0. The van der Waals surface area contributed by atoms with E-state index in [0.717, 1.165) is 5.56 Å². The highest BCUT2D eigenvalue weighted by molar-refractivity contribution is 6.06. The van der Waals surface area contributed by atoms with E-state index in [1.165, 1.54) is 6.20 Å². The van der Waals surface area contributed by atoms with E-state index in [1.807, 2.05) is 25.1 Å². The fraction of sp³-hybridized carbons (Fsp3) is 0.0625. The number of nitriles is 1. The van der Waals surface area contributed by atoms with Crippen LogP contribution in [0, 0.1) is 18.3 Å². The van der Waals surface area contributed by atoms with Crippen molar-refractivity contribution < 1.29 is 4.79 Å². The molecule has 1 amide bonds. The molecular weight excluding hydrogens is 278 g/mol. The van der Waals surface area contributed by atoms with Gasteiger partial charge in [0.15, 0.2) is 0 Å². The lowest BCUT2D eigenvalue weighted by Gasteiger charge is -2.06. The quantitative estimate of drug-likeness (QED) is 0.456. The molecule has 0 aliphatic rings. The van der Waals surface area contributed by atoms with Gasteiger partial charge in [-0.3, -0.25) is 4.79 Å². The lowest BCUT2D eigenvalue weighted by Crippen LogP contribution is -2.14. The number of anilines is 3. The first kappa shape index (κ1) is 15.1. The van der Waals surface area contributed by atoms with Gasteiger partial charge in [-0.1, -0.05) is 6.07 Å². The first-order valence-corrected chi connectivity index (χ1v) is 6.55. The van der Waals surface area contributed by atoms with Crippen molar-refractivity contribution in [3.05, 3.63) is 59.9 Å². The molecule has 0 radical (unpaired) electrons. The summed E-state index contributed by atoms with van der Waals surface area (Å²) in [5.41, 5.74) is 7.60. The van der Waals surface area contributed by atoms with Crippen molar-refractivity contribution in [3.8, 4) is 6.07 Å². The maximum Gasteiger partial charge on any atom is 0.267 e. The van der Waals surface area contributed by atoms with Gasteiger partial charge in [-0.05, 0) is 42.8 Å². The third-order valence-corrected chi connectivity index (χ3v) is 2.90. The number of nitrogens with zero attached hydrogens (tertiary/aromatic N) is 2. The second-order valence-corrected chi connectivity index (χ2v) is 4.56. The molecule has 0 saturated carbocycles. The van der Waals surface area contributed by atoms with Crippen LogP contribution in [0.4, 0.5) is 17.2 Å². The summed E-state index contributed by atoms with van der Waals surface area (Å²) in [4.78, 5) is 16.2. The molecule has 110 valence electrons. The van der Waals surface area contributed by atoms with E-state index in [1.54, 1.807) is 30.5 Å². The van der Waals surface area contributed by atoms with Crippen molar-refractivity contribution in [3.63, 3.8) is 0 Å². The standard InChI is InChI=1S/C16H15N5O/c1-11-3-2-8-19-15(11)20-10-12(9-17)16(22)21-14-6-4-13(18)5-7-14/h2-8,10H,18H2,1H3,(H,19,20)(H,21,22)/b12-10-. The number of benzene rings is 1. The van der Waals surface area contributed by atoms with Gasteiger partial charge in [-0.25, -0.2) is 4.98 Å². The molecule has 4 N–H and O–H groups in total. The summed E-state index contributed by atoms with van der Waals surface area (Å²) >= 11 is 0. The van der Waals surface area contributed by atoms with Gasteiger partial charge in [0.1, 0.15) is 17.5 Å². The molecular formula is C16H15N5O. The lowest BCUT2D eigenvalue weighted by atomic mass is 10.2.